The van der Waals surface area contributed by atoms with Crippen molar-refractivity contribution in [1.82, 2.24) is 15.5 Å². The summed E-state index contributed by atoms with van der Waals surface area (Å²) in [5.74, 6) is 0. The van der Waals surface area contributed by atoms with Crippen LogP contribution in [0.15, 0.2) is 0 Å². The smallest absolute Gasteiger partial charge is 0.413 e. The van der Waals surface area contributed by atoms with Crippen molar-refractivity contribution in [2.45, 2.75) is 39.4 Å². The molecule has 0 saturated carbocycles. The second-order valence-electron chi connectivity index (χ2n) is 4.97. The van der Waals surface area contributed by atoms with Crippen LogP contribution in [0.5, 0.6) is 0 Å². The summed E-state index contributed by atoms with van der Waals surface area (Å²) in [5, 5.41) is 5.77. The van der Waals surface area contributed by atoms with Crippen molar-refractivity contribution in [2.75, 3.05) is 32.8 Å². The number of morpholine rings is 1. The largest absolute Gasteiger partial charge is 0.450 e. The zero-order valence-corrected chi connectivity index (χ0v) is 13.3. The van der Waals surface area contributed by atoms with Crippen LogP contribution in [0, 0.1) is 0 Å². The highest BCUT2D eigenvalue weighted by Gasteiger charge is 2.21. The Morgan fingerprint density at radius 3 is 2.65 bits per heavy atom. The first-order valence-corrected chi connectivity index (χ1v) is 7.51. The van der Waals surface area contributed by atoms with Crippen LogP contribution in [-0.2, 0) is 9.47 Å². The predicted molar refractivity (Wildman–Crippen MR) is 81.8 cm³/mol. The van der Waals surface area contributed by atoms with Crippen molar-refractivity contribution in [2.24, 2.45) is 0 Å². The lowest BCUT2D eigenvalue weighted by Crippen LogP contribution is -2.46. The van der Waals surface area contributed by atoms with E-state index >= 15 is 0 Å². The van der Waals surface area contributed by atoms with E-state index in [0.29, 0.717) is 23.9 Å². The van der Waals surface area contributed by atoms with Gasteiger partial charge in [-0.3, -0.25) is 10.2 Å². The zero-order chi connectivity index (χ0) is 15.0. The van der Waals surface area contributed by atoms with Crippen LogP contribution < -0.4 is 10.6 Å². The fraction of sp³-hybridized carbons (Fsp3) is 0.846. The SMILES string of the molecule is CCOC(=O)NC(=S)NCCCN1C[C@H](C)O[C@@H](C)C1. The van der Waals surface area contributed by atoms with Gasteiger partial charge in [-0.25, -0.2) is 4.79 Å². The van der Waals surface area contributed by atoms with Gasteiger partial charge in [-0.15, -0.1) is 0 Å². The number of rotatable bonds is 5. The van der Waals surface area contributed by atoms with Crippen LogP contribution in [-0.4, -0.2) is 61.1 Å². The number of hydrogen-bond donors (Lipinski definition) is 2. The lowest BCUT2D eigenvalue weighted by molar-refractivity contribution is -0.0679. The second kappa shape index (κ2) is 9.10. The zero-order valence-electron chi connectivity index (χ0n) is 12.5. The van der Waals surface area contributed by atoms with E-state index in [1.807, 2.05) is 0 Å². The van der Waals surface area contributed by atoms with Crippen LogP contribution in [0.25, 0.3) is 0 Å². The van der Waals surface area contributed by atoms with E-state index in [9.17, 15) is 4.79 Å². The number of nitrogens with zero attached hydrogens (tertiary/aromatic N) is 1. The summed E-state index contributed by atoms with van der Waals surface area (Å²) in [7, 11) is 0. The van der Waals surface area contributed by atoms with E-state index in [1.165, 1.54) is 0 Å². The molecule has 0 unspecified atom stereocenters. The van der Waals surface area contributed by atoms with Crippen LogP contribution >= 0.6 is 12.2 Å². The van der Waals surface area contributed by atoms with Gasteiger partial charge in [0.25, 0.3) is 0 Å². The Labute approximate surface area is 126 Å². The number of amides is 1. The van der Waals surface area contributed by atoms with Crippen molar-refractivity contribution in [1.29, 1.82) is 0 Å². The molecule has 0 aromatic heterocycles. The standard InChI is InChI=1S/C13H25N3O3S/c1-4-18-13(17)15-12(20)14-6-5-7-16-8-10(2)19-11(3)9-16/h10-11H,4-9H2,1-3H3,(H2,14,15,17,20)/t10-,11-/m0/s1. The molecule has 0 aromatic rings. The van der Waals surface area contributed by atoms with Crippen molar-refractivity contribution in [3.05, 3.63) is 0 Å². The number of thiocarbonyl (C=S) groups is 1. The third kappa shape index (κ3) is 7.02. The summed E-state index contributed by atoms with van der Waals surface area (Å²) < 4.78 is 10.4. The predicted octanol–water partition coefficient (Wildman–Crippen LogP) is 1.11. The molecule has 1 fully saturated rings. The molecular formula is C13H25N3O3S. The molecule has 1 amide bonds. The number of nitrogens with one attached hydrogen (secondary N) is 2. The van der Waals surface area contributed by atoms with Crippen LogP contribution in [0.2, 0.25) is 0 Å². The molecule has 0 bridgehead atoms. The fourth-order valence-corrected chi connectivity index (χ4v) is 2.46. The van der Waals surface area contributed by atoms with E-state index in [-0.39, 0.29) is 0 Å². The molecule has 1 rings (SSSR count). The third-order valence-electron chi connectivity index (χ3n) is 2.92. The van der Waals surface area contributed by atoms with Crippen LogP contribution in [0.3, 0.4) is 0 Å². The highest BCUT2D eigenvalue weighted by Crippen LogP contribution is 2.10. The Kier molecular flexibility index (Phi) is 7.79. The van der Waals surface area contributed by atoms with Gasteiger partial charge >= 0.3 is 6.09 Å². The fourth-order valence-electron chi connectivity index (χ4n) is 2.28. The van der Waals surface area contributed by atoms with E-state index in [2.05, 4.69) is 29.4 Å². The Morgan fingerprint density at radius 2 is 2.05 bits per heavy atom. The van der Waals surface area contributed by atoms with Crippen LogP contribution in [0.4, 0.5) is 4.79 Å². The molecule has 0 aromatic carbocycles. The summed E-state index contributed by atoms with van der Waals surface area (Å²) in [4.78, 5) is 13.5. The van der Waals surface area contributed by atoms with Gasteiger partial charge in [0, 0.05) is 26.2 Å². The molecule has 2 atom stereocenters. The maximum absolute atomic E-state index is 11.1. The lowest BCUT2D eigenvalue weighted by atomic mass is 10.2. The molecule has 20 heavy (non-hydrogen) atoms. The molecular weight excluding hydrogens is 278 g/mol. The van der Waals surface area contributed by atoms with Gasteiger partial charge in [0.2, 0.25) is 0 Å². The molecule has 1 saturated heterocycles. The quantitative estimate of drug-likeness (QED) is 0.586. The Balaban J connectivity index is 2.09. The molecule has 0 aliphatic carbocycles. The Bertz CT molecular complexity index is 318. The highest BCUT2D eigenvalue weighted by atomic mass is 32.1. The van der Waals surface area contributed by atoms with Crippen molar-refractivity contribution >= 4 is 23.4 Å². The minimum Gasteiger partial charge on any atom is -0.450 e. The van der Waals surface area contributed by atoms with Crippen molar-refractivity contribution < 1.29 is 14.3 Å². The molecule has 6 nitrogen and oxygen atoms in total. The summed E-state index contributed by atoms with van der Waals surface area (Å²) >= 11 is 5.00. The van der Waals surface area contributed by atoms with Gasteiger partial charge in [0.15, 0.2) is 5.11 Å². The molecule has 7 heteroatoms. The molecule has 0 radical (unpaired) electrons. The average molecular weight is 303 g/mol. The van der Waals surface area contributed by atoms with Crippen LogP contribution in [0.1, 0.15) is 27.2 Å². The maximum atomic E-state index is 11.1. The minimum absolute atomic E-state index is 0.290. The first-order chi connectivity index (χ1) is 9.51. The van der Waals surface area contributed by atoms with E-state index in [4.69, 9.17) is 21.7 Å². The topological polar surface area (TPSA) is 62.8 Å². The molecule has 1 aliphatic heterocycles. The summed E-state index contributed by atoms with van der Waals surface area (Å²) in [5.41, 5.74) is 0. The number of alkyl carbamates (subject to hydrolysis) is 1. The van der Waals surface area contributed by atoms with E-state index < -0.39 is 6.09 Å². The molecule has 1 heterocycles. The monoisotopic (exact) mass is 303 g/mol. The van der Waals surface area contributed by atoms with Gasteiger partial charge in [-0.2, -0.15) is 0 Å². The van der Waals surface area contributed by atoms with Gasteiger partial charge in [0.05, 0.1) is 18.8 Å². The normalized spacial score (nSPS) is 23.1. The first kappa shape index (κ1) is 17.1. The molecule has 2 N–H and O–H groups in total. The third-order valence-corrected chi connectivity index (χ3v) is 3.17. The number of ether oxygens (including phenoxy) is 2. The summed E-state index contributed by atoms with van der Waals surface area (Å²) in [6, 6.07) is 0. The van der Waals surface area contributed by atoms with Gasteiger partial charge in [-0.1, -0.05) is 0 Å². The molecule has 0 spiro atoms. The first-order valence-electron chi connectivity index (χ1n) is 7.10. The molecule has 1 aliphatic rings. The summed E-state index contributed by atoms with van der Waals surface area (Å²) in [6.45, 7) is 9.94. The Hall–Kier alpha value is -0.920. The number of hydrogen-bond acceptors (Lipinski definition) is 5. The number of carbonyl (C=O) groups is 1. The van der Waals surface area contributed by atoms with E-state index in [1.54, 1.807) is 6.92 Å². The van der Waals surface area contributed by atoms with E-state index in [0.717, 1.165) is 32.6 Å². The van der Waals surface area contributed by atoms with Gasteiger partial charge in [-0.05, 0) is 39.4 Å². The van der Waals surface area contributed by atoms with Crippen molar-refractivity contribution in [3.8, 4) is 0 Å². The lowest BCUT2D eigenvalue weighted by Gasteiger charge is -2.35. The molecule has 116 valence electrons. The number of carbonyl (C=O) groups excluding carboxylic acids is 1. The Morgan fingerprint density at radius 1 is 1.40 bits per heavy atom. The minimum atomic E-state index is -0.513. The van der Waals surface area contributed by atoms with Gasteiger partial charge < -0.3 is 14.8 Å². The second-order valence-corrected chi connectivity index (χ2v) is 5.38. The van der Waals surface area contributed by atoms with Crippen molar-refractivity contribution in [3.63, 3.8) is 0 Å². The summed E-state index contributed by atoms with van der Waals surface area (Å²) in [6.07, 6.45) is 1.03. The average Bonchev–Trinajstić information content (AvgIpc) is 2.33. The maximum Gasteiger partial charge on any atom is 0.413 e. The highest BCUT2D eigenvalue weighted by molar-refractivity contribution is 7.80. The van der Waals surface area contributed by atoms with Gasteiger partial charge in [0.1, 0.15) is 0 Å².